The van der Waals surface area contributed by atoms with Gasteiger partial charge in [0.1, 0.15) is 0 Å². The predicted octanol–water partition coefficient (Wildman–Crippen LogP) is 4.53. The third kappa shape index (κ3) is 9.65. The Hall–Kier alpha value is -0.860. The van der Waals surface area contributed by atoms with E-state index in [9.17, 15) is 5.11 Å². The number of hydrogen-bond donors (Lipinski definition) is 2. The van der Waals surface area contributed by atoms with Crippen LogP contribution < -0.4 is 5.32 Å². The lowest BCUT2D eigenvalue weighted by Gasteiger charge is -2.16. The zero-order valence-electron chi connectivity index (χ0n) is 13.7. The Balaban J connectivity index is 2.11. The number of nitrogens with one attached hydrogen (secondary N) is 1. The normalized spacial score (nSPS) is 12.5. The fourth-order valence-corrected chi connectivity index (χ4v) is 2.76. The summed E-state index contributed by atoms with van der Waals surface area (Å²) < 4.78 is 0. The van der Waals surface area contributed by atoms with E-state index in [1.807, 2.05) is 0 Å². The molecule has 0 spiro atoms. The maximum atomic E-state index is 9.20. The Kier molecular flexibility index (Phi) is 11.1. The number of unbranched alkanes of at least 4 members (excludes halogenated alkanes) is 5. The van der Waals surface area contributed by atoms with E-state index in [2.05, 4.69) is 42.6 Å². The molecule has 2 heteroatoms. The average Bonchev–Trinajstić information content (AvgIpc) is 2.51. The van der Waals surface area contributed by atoms with Crippen LogP contribution in [0.5, 0.6) is 0 Å². The second-order valence-electron chi connectivity index (χ2n) is 6.05. The van der Waals surface area contributed by atoms with Gasteiger partial charge in [-0.1, -0.05) is 75.8 Å². The van der Waals surface area contributed by atoms with Crippen molar-refractivity contribution in [2.75, 3.05) is 13.2 Å². The highest BCUT2D eigenvalue weighted by atomic mass is 16.3. The van der Waals surface area contributed by atoms with Gasteiger partial charge in [-0.05, 0) is 30.9 Å². The van der Waals surface area contributed by atoms with Crippen LogP contribution in [0.15, 0.2) is 30.3 Å². The number of hydrogen-bond acceptors (Lipinski definition) is 2. The van der Waals surface area contributed by atoms with Crippen LogP contribution in [0.1, 0.15) is 63.9 Å². The smallest absolute Gasteiger partial charge is 0.0434 e. The lowest BCUT2D eigenvalue weighted by molar-refractivity contribution is 0.246. The van der Waals surface area contributed by atoms with Crippen molar-refractivity contribution in [3.63, 3.8) is 0 Å². The van der Waals surface area contributed by atoms with E-state index in [1.165, 1.54) is 50.5 Å². The summed E-state index contributed by atoms with van der Waals surface area (Å²) in [4.78, 5) is 0. The molecule has 0 aromatic heterocycles. The fourth-order valence-electron chi connectivity index (χ4n) is 2.76. The van der Waals surface area contributed by atoms with Crippen molar-refractivity contribution in [2.45, 2.75) is 64.8 Å². The van der Waals surface area contributed by atoms with Crippen molar-refractivity contribution in [1.29, 1.82) is 0 Å². The zero-order valence-corrected chi connectivity index (χ0v) is 13.7. The van der Waals surface area contributed by atoms with Crippen LogP contribution in [0.3, 0.4) is 0 Å². The molecule has 120 valence electrons. The van der Waals surface area contributed by atoms with Gasteiger partial charge in [0.15, 0.2) is 0 Å². The Morgan fingerprint density at radius 3 is 2.38 bits per heavy atom. The van der Waals surface area contributed by atoms with Gasteiger partial charge in [0.05, 0.1) is 0 Å². The van der Waals surface area contributed by atoms with E-state index >= 15 is 0 Å². The van der Waals surface area contributed by atoms with Crippen molar-refractivity contribution < 1.29 is 5.11 Å². The molecule has 1 unspecified atom stereocenters. The highest BCUT2D eigenvalue weighted by Gasteiger charge is 2.07. The first-order chi connectivity index (χ1) is 10.4. The molecule has 0 fully saturated rings. The number of benzene rings is 1. The molecule has 2 N–H and O–H groups in total. The van der Waals surface area contributed by atoms with Gasteiger partial charge in [0.25, 0.3) is 0 Å². The summed E-state index contributed by atoms with van der Waals surface area (Å²) in [5, 5.41) is 12.7. The first kappa shape index (κ1) is 18.2. The third-order valence-corrected chi connectivity index (χ3v) is 4.11. The van der Waals surface area contributed by atoms with Crippen molar-refractivity contribution in [3.05, 3.63) is 35.9 Å². The van der Waals surface area contributed by atoms with Gasteiger partial charge < -0.3 is 10.4 Å². The van der Waals surface area contributed by atoms with Crippen molar-refractivity contribution in [2.24, 2.45) is 5.92 Å². The molecule has 0 radical (unpaired) electrons. The number of aliphatic hydroxyl groups is 1. The Morgan fingerprint density at radius 1 is 0.952 bits per heavy atom. The summed E-state index contributed by atoms with van der Waals surface area (Å²) in [5.41, 5.74) is 1.33. The van der Waals surface area contributed by atoms with E-state index in [0.717, 1.165) is 19.5 Å². The molecular weight excluding hydrogens is 258 g/mol. The Bertz CT molecular complexity index is 326. The molecule has 0 aliphatic heterocycles. The maximum Gasteiger partial charge on any atom is 0.0434 e. The quantitative estimate of drug-likeness (QED) is 0.523. The van der Waals surface area contributed by atoms with Gasteiger partial charge >= 0.3 is 0 Å². The standard InChI is InChI=1S/C19H33NO/c1-2-3-4-5-6-8-13-19(14-15-21)17-20-16-18-11-9-7-10-12-18/h7,9-12,19-21H,2-6,8,13-17H2,1H3. The molecule has 0 amide bonds. The molecule has 0 aliphatic carbocycles. The summed E-state index contributed by atoms with van der Waals surface area (Å²) in [6.45, 7) is 4.52. The first-order valence-corrected chi connectivity index (χ1v) is 8.72. The molecule has 0 saturated heterocycles. The Labute approximate surface area is 131 Å². The molecule has 0 heterocycles. The van der Waals surface area contributed by atoms with Gasteiger partial charge in [-0.15, -0.1) is 0 Å². The maximum absolute atomic E-state index is 9.20. The van der Waals surface area contributed by atoms with Gasteiger partial charge in [0.2, 0.25) is 0 Å². The van der Waals surface area contributed by atoms with Gasteiger partial charge in [-0.2, -0.15) is 0 Å². The number of aliphatic hydroxyl groups excluding tert-OH is 1. The van der Waals surface area contributed by atoms with Crippen LogP contribution in [0.25, 0.3) is 0 Å². The topological polar surface area (TPSA) is 32.3 Å². The lowest BCUT2D eigenvalue weighted by Crippen LogP contribution is -2.23. The van der Waals surface area contributed by atoms with Crippen molar-refractivity contribution in [3.8, 4) is 0 Å². The van der Waals surface area contributed by atoms with Crippen molar-refractivity contribution >= 4 is 0 Å². The second kappa shape index (κ2) is 12.8. The average molecular weight is 291 g/mol. The summed E-state index contributed by atoms with van der Waals surface area (Å²) in [7, 11) is 0. The van der Waals surface area contributed by atoms with Crippen LogP contribution in [-0.2, 0) is 6.54 Å². The minimum absolute atomic E-state index is 0.313. The Morgan fingerprint density at radius 2 is 1.67 bits per heavy atom. The molecule has 1 rings (SSSR count). The summed E-state index contributed by atoms with van der Waals surface area (Å²) in [6, 6.07) is 10.5. The van der Waals surface area contributed by atoms with E-state index in [1.54, 1.807) is 0 Å². The van der Waals surface area contributed by atoms with Crippen LogP contribution in [0, 0.1) is 5.92 Å². The summed E-state index contributed by atoms with van der Waals surface area (Å²) in [5.74, 6) is 0.616. The predicted molar refractivity (Wildman–Crippen MR) is 91.3 cm³/mol. The van der Waals surface area contributed by atoms with Crippen LogP contribution >= 0.6 is 0 Å². The molecular formula is C19H33NO. The summed E-state index contributed by atoms with van der Waals surface area (Å²) >= 11 is 0. The van der Waals surface area contributed by atoms with Gasteiger partial charge in [-0.25, -0.2) is 0 Å². The van der Waals surface area contributed by atoms with E-state index in [-0.39, 0.29) is 0 Å². The largest absolute Gasteiger partial charge is 0.396 e. The first-order valence-electron chi connectivity index (χ1n) is 8.72. The molecule has 0 saturated carbocycles. The van der Waals surface area contributed by atoms with E-state index in [4.69, 9.17) is 0 Å². The minimum Gasteiger partial charge on any atom is -0.396 e. The lowest BCUT2D eigenvalue weighted by atomic mass is 9.97. The molecule has 1 aromatic rings. The van der Waals surface area contributed by atoms with E-state index < -0.39 is 0 Å². The molecule has 2 nitrogen and oxygen atoms in total. The van der Waals surface area contributed by atoms with E-state index in [0.29, 0.717) is 12.5 Å². The molecule has 0 aliphatic rings. The SMILES string of the molecule is CCCCCCCCC(CCO)CNCc1ccccc1. The highest BCUT2D eigenvalue weighted by Crippen LogP contribution is 2.15. The monoisotopic (exact) mass is 291 g/mol. The molecule has 1 atom stereocenters. The van der Waals surface area contributed by atoms with Crippen LogP contribution in [-0.4, -0.2) is 18.3 Å². The third-order valence-electron chi connectivity index (χ3n) is 4.11. The zero-order chi connectivity index (χ0) is 15.2. The molecule has 0 bridgehead atoms. The highest BCUT2D eigenvalue weighted by molar-refractivity contribution is 5.14. The van der Waals surface area contributed by atoms with Crippen LogP contribution in [0.4, 0.5) is 0 Å². The number of rotatable bonds is 13. The van der Waals surface area contributed by atoms with Gasteiger partial charge in [0, 0.05) is 13.2 Å². The van der Waals surface area contributed by atoms with Crippen LogP contribution in [0.2, 0.25) is 0 Å². The molecule has 1 aromatic carbocycles. The van der Waals surface area contributed by atoms with Gasteiger partial charge in [-0.3, -0.25) is 0 Å². The second-order valence-corrected chi connectivity index (χ2v) is 6.05. The molecule has 21 heavy (non-hydrogen) atoms. The summed E-state index contributed by atoms with van der Waals surface area (Å²) in [6.07, 6.45) is 10.3. The minimum atomic E-state index is 0.313. The fraction of sp³-hybridized carbons (Fsp3) is 0.684. The van der Waals surface area contributed by atoms with Crippen molar-refractivity contribution in [1.82, 2.24) is 5.32 Å².